The van der Waals surface area contributed by atoms with E-state index >= 15 is 0 Å². The lowest BCUT2D eigenvalue weighted by molar-refractivity contribution is -0.216. The summed E-state index contributed by atoms with van der Waals surface area (Å²) in [5.41, 5.74) is 2.42. The van der Waals surface area contributed by atoms with Gasteiger partial charge in [0.25, 0.3) is 0 Å². The molecule has 98 valence electrons. The Bertz CT molecular complexity index is 324. The van der Waals surface area contributed by atoms with Crippen LogP contribution in [0.2, 0.25) is 0 Å². The van der Waals surface area contributed by atoms with E-state index in [2.05, 4.69) is 5.32 Å². The minimum atomic E-state index is -4.65. The minimum absolute atomic E-state index is 0.109. The number of hydrogen-bond acceptors (Lipinski definition) is 3. The Labute approximate surface area is 95.9 Å². The number of amides is 2. The number of alkyl halides is 3. The first-order valence-electron chi connectivity index (χ1n) is 5.08. The van der Waals surface area contributed by atoms with Gasteiger partial charge in [-0.15, -0.1) is 0 Å². The third-order valence-electron chi connectivity index (χ3n) is 2.91. The van der Waals surface area contributed by atoms with Gasteiger partial charge < -0.3 is 16.4 Å². The summed E-state index contributed by atoms with van der Waals surface area (Å²) in [6.07, 6.45) is -4.99. The number of rotatable bonds is 3. The molecule has 0 saturated carbocycles. The number of carbonyl (C=O) groups excluding carboxylic acids is 2. The maximum Gasteiger partial charge on any atom is 0.404 e. The molecule has 0 aromatic rings. The standard InChI is InChI=1S/C9H14F3N3O2/c1-5(6(13)16)15-7(17)8(9(10,11)12)2-3-14-4-8/h5,14H,2-4H2,1H3,(H2,13,16)(H,15,17). The van der Waals surface area contributed by atoms with E-state index in [1.165, 1.54) is 6.92 Å². The smallest absolute Gasteiger partial charge is 0.368 e. The Morgan fingerprint density at radius 3 is 2.41 bits per heavy atom. The number of nitrogens with two attached hydrogens (primary N) is 1. The van der Waals surface area contributed by atoms with E-state index in [4.69, 9.17) is 5.73 Å². The average molecular weight is 253 g/mol. The second kappa shape index (κ2) is 4.52. The molecule has 0 bridgehead atoms. The Morgan fingerprint density at radius 2 is 2.06 bits per heavy atom. The third kappa shape index (κ3) is 2.51. The van der Waals surface area contributed by atoms with Crippen molar-refractivity contribution in [2.75, 3.05) is 13.1 Å². The molecule has 17 heavy (non-hydrogen) atoms. The summed E-state index contributed by atoms with van der Waals surface area (Å²) in [6, 6.07) is -1.12. The summed E-state index contributed by atoms with van der Waals surface area (Å²) in [4.78, 5) is 22.4. The molecule has 1 aliphatic heterocycles. The Hall–Kier alpha value is -1.31. The SMILES string of the molecule is CC(NC(=O)C1(C(F)(F)F)CCNC1)C(N)=O. The van der Waals surface area contributed by atoms with Crippen molar-refractivity contribution in [1.82, 2.24) is 10.6 Å². The van der Waals surface area contributed by atoms with Gasteiger partial charge in [0.2, 0.25) is 11.8 Å². The molecule has 5 nitrogen and oxygen atoms in total. The van der Waals surface area contributed by atoms with Gasteiger partial charge in [-0.3, -0.25) is 9.59 Å². The van der Waals surface area contributed by atoms with Crippen LogP contribution in [0, 0.1) is 5.41 Å². The van der Waals surface area contributed by atoms with Gasteiger partial charge in [-0.05, 0) is 19.9 Å². The molecule has 1 rings (SSSR count). The van der Waals surface area contributed by atoms with E-state index in [-0.39, 0.29) is 13.0 Å². The van der Waals surface area contributed by atoms with Crippen molar-refractivity contribution in [2.45, 2.75) is 25.6 Å². The van der Waals surface area contributed by atoms with Crippen LogP contribution in [0.25, 0.3) is 0 Å². The van der Waals surface area contributed by atoms with Gasteiger partial charge in [0, 0.05) is 6.54 Å². The summed E-state index contributed by atoms with van der Waals surface area (Å²) < 4.78 is 38.7. The molecule has 2 atom stereocenters. The average Bonchev–Trinajstić information content (AvgIpc) is 2.65. The van der Waals surface area contributed by atoms with Gasteiger partial charge >= 0.3 is 6.18 Å². The van der Waals surface area contributed by atoms with Gasteiger partial charge in [-0.1, -0.05) is 0 Å². The Morgan fingerprint density at radius 1 is 1.47 bits per heavy atom. The quantitative estimate of drug-likeness (QED) is 0.635. The molecule has 8 heteroatoms. The van der Waals surface area contributed by atoms with Crippen molar-refractivity contribution >= 4 is 11.8 Å². The monoisotopic (exact) mass is 253 g/mol. The summed E-state index contributed by atoms with van der Waals surface area (Å²) in [6.45, 7) is 0.873. The zero-order chi connectivity index (χ0) is 13.3. The summed E-state index contributed by atoms with van der Waals surface area (Å²) in [5, 5.41) is 4.50. The van der Waals surface area contributed by atoms with Crippen LogP contribution in [0.5, 0.6) is 0 Å². The number of primary amides is 1. The molecule has 0 aliphatic carbocycles. The van der Waals surface area contributed by atoms with Crippen molar-refractivity contribution in [3.05, 3.63) is 0 Å². The van der Waals surface area contributed by atoms with Crippen LogP contribution >= 0.6 is 0 Å². The molecule has 2 unspecified atom stereocenters. The fourth-order valence-electron chi connectivity index (χ4n) is 1.66. The van der Waals surface area contributed by atoms with Crippen molar-refractivity contribution in [3.63, 3.8) is 0 Å². The molecule has 2 amide bonds. The lowest BCUT2D eigenvalue weighted by Gasteiger charge is -2.30. The predicted octanol–water partition coefficient (Wildman–Crippen LogP) is -0.482. The zero-order valence-electron chi connectivity index (χ0n) is 9.23. The van der Waals surface area contributed by atoms with E-state index in [0.717, 1.165) is 0 Å². The van der Waals surface area contributed by atoms with Gasteiger partial charge in [-0.25, -0.2) is 0 Å². The lowest BCUT2D eigenvalue weighted by Crippen LogP contribution is -2.55. The van der Waals surface area contributed by atoms with Crippen LogP contribution in [0.3, 0.4) is 0 Å². The van der Waals surface area contributed by atoms with E-state index in [1.54, 1.807) is 0 Å². The molecule has 0 aromatic carbocycles. The first-order valence-corrected chi connectivity index (χ1v) is 5.08. The van der Waals surface area contributed by atoms with Crippen molar-refractivity contribution < 1.29 is 22.8 Å². The molecule has 0 radical (unpaired) electrons. The fraction of sp³-hybridized carbons (Fsp3) is 0.778. The zero-order valence-corrected chi connectivity index (χ0v) is 9.23. The maximum atomic E-state index is 12.9. The predicted molar refractivity (Wildman–Crippen MR) is 52.8 cm³/mol. The highest BCUT2D eigenvalue weighted by Gasteiger charge is 2.61. The number of hydrogen-bond donors (Lipinski definition) is 3. The van der Waals surface area contributed by atoms with E-state index in [9.17, 15) is 22.8 Å². The fourth-order valence-corrected chi connectivity index (χ4v) is 1.66. The Kier molecular flexibility index (Phi) is 3.65. The topological polar surface area (TPSA) is 84.2 Å². The maximum absolute atomic E-state index is 12.9. The summed E-state index contributed by atoms with van der Waals surface area (Å²) in [5.74, 6) is -2.08. The molecule has 0 spiro atoms. The van der Waals surface area contributed by atoms with E-state index in [1.807, 2.05) is 5.32 Å². The van der Waals surface area contributed by atoms with Gasteiger partial charge in [0.15, 0.2) is 5.41 Å². The number of carbonyl (C=O) groups is 2. The first-order chi connectivity index (χ1) is 7.71. The first kappa shape index (κ1) is 13.8. The highest BCUT2D eigenvalue weighted by Crippen LogP contribution is 2.43. The van der Waals surface area contributed by atoms with Gasteiger partial charge in [0.05, 0.1) is 0 Å². The minimum Gasteiger partial charge on any atom is -0.368 e. The highest BCUT2D eigenvalue weighted by atomic mass is 19.4. The van der Waals surface area contributed by atoms with Crippen LogP contribution in [-0.4, -0.2) is 37.1 Å². The second-order valence-corrected chi connectivity index (χ2v) is 4.10. The Balaban J connectivity index is 2.86. The number of nitrogens with one attached hydrogen (secondary N) is 2. The molecule has 4 N–H and O–H groups in total. The molecular formula is C9H14F3N3O2. The number of halogens is 3. The van der Waals surface area contributed by atoms with Gasteiger partial charge in [0.1, 0.15) is 6.04 Å². The van der Waals surface area contributed by atoms with Crippen molar-refractivity contribution in [1.29, 1.82) is 0 Å². The summed E-state index contributed by atoms with van der Waals surface area (Å²) in [7, 11) is 0. The summed E-state index contributed by atoms with van der Waals surface area (Å²) >= 11 is 0. The van der Waals surface area contributed by atoms with E-state index < -0.39 is 36.0 Å². The van der Waals surface area contributed by atoms with Crippen LogP contribution in [0.15, 0.2) is 0 Å². The highest BCUT2D eigenvalue weighted by molar-refractivity contribution is 5.90. The van der Waals surface area contributed by atoms with Crippen LogP contribution in [-0.2, 0) is 9.59 Å². The van der Waals surface area contributed by atoms with Gasteiger partial charge in [-0.2, -0.15) is 13.2 Å². The molecule has 1 saturated heterocycles. The third-order valence-corrected chi connectivity index (χ3v) is 2.91. The van der Waals surface area contributed by atoms with Crippen LogP contribution in [0.1, 0.15) is 13.3 Å². The van der Waals surface area contributed by atoms with E-state index in [0.29, 0.717) is 0 Å². The molecular weight excluding hydrogens is 239 g/mol. The second-order valence-electron chi connectivity index (χ2n) is 4.10. The molecule has 1 fully saturated rings. The normalized spacial score (nSPS) is 26.6. The van der Waals surface area contributed by atoms with Crippen molar-refractivity contribution in [2.24, 2.45) is 11.1 Å². The van der Waals surface area contributed by atoms with Crippen LogP contribution in [0.4, 0.5) is 13.2 Å². The molecule has 0 aromatic heterocycles. The largest absolute Gasteiger partial charge is 0.404 e. The lowest BCUT2D eigenvalue weighted by atomic mass is 9.85. The van der Waals surface area contributed by atoms with Crippen LogP contribution < -0.4 is 16.4 Å². The molecule has 1 aliphatic rings. The molecule has 1 heterocycles. The van der Waals surface area contributed by atoms with Crippen molar-refractivity contribution in [3.8, 4) is 0 Å².